The molecule has 2 amide bonds. The summed E-state index contributed by atoms with van der Waals surface area (Å²) >= 11 is 5.93. The number of hydrogen-bond acceptors (Lipinski definition) is 7. The van der Waals surface area contributed by atoms with Gasteiger partial charge in [-0.1, -0.05) is 48.0 Å². The number of amides is 2. The minimum Gasteiger partial charge on any atom is -0.478 e. The van der Waals surface area contributed by atoms with Crippen LogP contribution in [-0.2, 0) is 14.3 Å². The van der Waals surface area contributed by atoms with Gasteiger partial charge in [-0.2, -0.15) is 5.26 Å². The van der Waals surface area contributed by atoms with Crippen LogP contribution in [-0.4, -0.2) is 45.8 Å². The number of aliphatic hydroxyl groups is 1. The van der Waals surface area contributed by atoms with Crippen LogP contribution in [0.5, 0.6) is 5.88 Å². The highest BCUT2D eigenvalue weighted by Gasteiger charge is 2.77. The Bertz CT molecular complexity index is 1470. The topological polar surface area (TPSA) is 113 Å². The standard InChI is InChI=1S/C27H22ClN3O5/c1-26-19(32)13-27(36-26,11-12-35-21-8-4-7-20(28)30-21)23-22(26)24(33)31(25(23)34)18-10-9-15-5-2-3-6-16(15)17(18)14-29/h2-10,19,22-23,32H,11-13H2,1H3. The first-order chi connectivity index (χ1) is 17.3. The second kappa shape index (κ2) is 8.00. The second-order valence-corrected chi connectivity index (χ2v) is 10.1. The van der Waals surface area contributed by atoms with E-state index in [9.17, 15) is 20.0 Å². The molecule has 182 valence electrons. The first kappa shape index (κ1) is 22.9. The number of aromatic nitrogens is 1. The van der Waals surface area contributed by atoms with Crippen molar-refractivity contribution >= 4 is 39.9 Å². The van der Waals surface area contributed by atoms with E-state index < -0.39 is 41.0 Å². The number of nitrogens with zero attached hydrogens (tertiary/aromatic N) is 3. The average Bonchev–Trinajstić information content (AvgIpc) is 3.39. The van der Waals surface area contributed by atoms with E-state index in [1.54, 1.807) is 43.3 Å². The third-order valence-corrected chi connectivity index (χ3v) is 8.05. The lowest BCUT2D eigenvalue weighted by Crippen LogP contribution is -2.49. The lowest BCUT2D eigenvalue weighted by Gasteiger charge is -2.33. The van der Waals surface area contributed by atoms with Gasteiger partial charge in [0.15, 0.2) is 0 Å². The molecule has 3 aliphatic rings. The van der Waals surface area contributed by atoms with Crippen LogP contribution in [0.25, 0.3) is 10.8 Å². The molecule has 3 saturated heterocycles. The fourth-order valence-corrected chi connectivity index (χ4v) is 6.38. The quantitative estimate of drug-likeness (QED) is 0.418. The first-order valence-electron chi connectivity index (χ1n) is 11.7. The van der Waals surface area contributed by atoms with Crippen LogP contribution in [0.2, 0.25) is 5.15 Å². The van der Waals surface area contributed by atoms with Gasteiger partial charge in [0.1, 0.15) is 16.8 Å². The predicted molar refractivity (Wildman–Crippen MR) is 130 cm³/mol. The summed E-state index contributed by atoms with van der Waals surface area (Å²) in [7, 11) is 0. The largest absolute Gasteiger partial charge is 0.478 e. The van der Waals surface area contributed by atoms with E-state index >= 15 is 0 Å². The highest BCUT2D eigenvalue weighted by atomic mass is 35.5. The van der Waals surface area contributed by atoms with Crippen LogP contribution in [0.1, 0.15) is 25.3 Å². The van der Waals surface area contributed by atoms with Crippen molar-refractivity contribution in [3.63, 3.8) is 0 Å². The molecule has 3 aromatic rings. The number of benzene rings is 2. The van der Waals surface area contributed by atoms with Crippen LogP contribution in [0.4, 0.5) is 5.69 Å². The molecule has 4 heterocycles. The van der Waals surface area contributed by atoms with Gasteiger partial charge < -0.3 is 14.6 Å². The summed E-state index contributed by atoms with van der Waals surface area (Å²) in [6.45, 7) is 1.84. The van der Waals surface area contributed by atoms with Crippen molar-refractivity contribution in [2.45, 2.75) is 37.1 Å². The van der Waals surface area contributed by atoms with Gasteiger partial charge >= 0.3 is 0 Å². The summed E-state index contributed by atoms with van der Waals surface area (Å²) in [5.74, 6) is -2.21. The van der Waals surface area contributed by atoms with Gasteiger partial charge in [-0.05, 0) is 24.4 Å². The fourth-order valence-electron chi connectivity index (χ4n) is 6.22. The van der Waals surface area contributed by atoms with Gasteiger partial charge in [0.2, 0.25) is 17.7 Å². The summed E-state index contributed by atoms with van der Waals surface area (Å²) in [5.41, 5.74) is -1.78. The third-order valence-electron chi connectivity index (χ3n) is 7.84. The SMILES string of the molecule is CC12OC(CCOc3cccc(Cl)n3)(CC1O)C1C(=O)N(c3ccc4ccccc4c3C#N)C(=O)C12. The van der Waals surface area contributed by atoms with Crippen molar-refractivity contribution in [3.05, 3.63) is 65.3 Å². The van der Waals surface area contributed by atoms with E-state index in [4.69, 9.17) is 21.1 Å². The van der Waals surface area contributed by atoms with Crippen molar-refractivity contribution in [2.75, 3.05) is 11.5 Å². The summed E-state index contributed by atoms with van der Waals surface area (Å²) in [5, 5.41) is 22.7. The summed E-state index contributed by atoms with van der Waals surface area (Å²) in [6.07, 6.45) is -0.455. The second-order valence-electron chi connectivity index (χ2n) is 9.73. The minimum absolute atomic E-state index is 0.153. The van der Waals surface area contributed by atoms with Crippen molar-refractivity contribution in [1.82, 2.24) is 4.98 Å². The molecule has 2 bridgehead atoms. The number of hydrogen-bond donors (Lipinski definition) is 1. The summed E-state index contributed by atoms with van der Waals surface area (Å²) in [4.78, 5) is 32.9. The van der Waals surface area contributed by atoms with Crippen molar-refractivity contribution in [3.8, 4) is 11.9 Å². The van der Waals surface area contributed by atoms with E-state index in [1.165, 1.54) is 0 Å². The molecule has 5 atom stereocenters. The number of carbonyl (C=O) groups is 2. The number of rotatable bonds is 5. The van der Waals surface area contributed by atoms with Gasteiger partial charge in [-0.3, -0.25) is 9.59 Å². The molecule has 36 heavy (non-hydrogen) atoms. The Hall–Kier alpha value is -3.51. The number of nitriles is 1. The Morgan fingerprint density at radius 2 is 1.94 bits per heavy atom. The number of ether oxygens (including phenoxy) is 2. The molecule has 0 spiro atoms. The molecular weight excluding hydrogens is 482 g/mol. The number of anilines is 1. The Labute approximate surface area is 212 Å². The minimum atomic E-state index is -1.22. The van der Waals surface area contributed by atoms with E-state index in [0.717, 1.165) is 10.3 Å². The number of halogens is 1. The zero-order valence-electron chi connectivity index (χ0n) is 19.3. The molecule has 3 fully saturated rings. The normalized spacial score (nSPS) is 30.6. The molecule has 1 aromatic heterocycles. The third kappa shape index (κ3) is 3.10. The Balaban J connectivity index is 1.36. The van der Waals surface area contributed by atoms with Gasteiger partial charge in [-0.15, -0.1) is 0 Å². The van der Waals surface area contributed by atoms with Gasteiger partial charge in [-0.25, -0.2) is 9.88 Å². The summed E-state index contributed by atoms with van der Waals surface area (Å²) < 4.78 is 12.1. The van der Waals surface area contributed by atoms with E-state index in [1.807, 2.05) is 18.2 Å². The molecule has 0 radical (unpaired) electrons. The molecular formula is C27H22ClN3O5. The first-order valence-corrected chi connectivity index (χ1v) is 12.1. The maximum atomic E-state index is 13.9. The van der Waals surface area contributed by atoms with Crippen LogP contribution in [0, 0.1) is 23.2 Å². The maximum absolute atomic E-state index is 13.9. The zero-order valence-corrected chi connectivity index (χ0v) is 20.1. The van der Waals surface area contributed by atoms with Gasteiger partial charge in [0.25, 0.3) is 0 Å². The van der Waals surface area contributed by atoms with Gasteiger partial charge in [0.05, 0.1) is 41.4 Å². The van der Waals surface area contributed by atoms with Crippen LogP contribution in [0.3, 0.4) is 0 Å². The molecule has 1 N–H and O–H groups in total. The number of imide groups is 1. The Kier molecular flexibility index (Phi) is 5.09. The van der Waals surface area contributed by atoms with Crippen molar-refractivity contribution in [1.29, 1.82) is 5.26 Å². The van der Waals surface area contributed by atoms with Gasteiger partial charge in [0, 0.05) is 24.3 Å². The molecule has 9 heteroatoms. The Morgan fingerprint density at radius 3 is 2.72 bits per heavy atom. The number of aliphatic hydroxyl groups excluding tert-OH is 1. The highest BCUT2D eigenvalue weighted by molar-refractivity contribution is 6.29. The smallest absolute Gasteiger partial charge is 0.240 e. The average molecular weight is 504 g/mol. The van der Waals surface area contributed by atoms with Crippen LogP contribution in [0.15, 0.2) is 54.6 Å². The lowest BCUT2D eigenvalue weighted by molar-refractivity contribution is -0.134. The predicted octanol–water partition coefficient (Wildman–Crippen LogP) is 3.63. The number of pyridine rings is 1. The fraction of sp³-hybridized carbons (Fsp3) is 0.333. The van der Waals surface area contributed by atoms with E-state index in [2.05, 4.69) is 11.1 Å². The molecule has 6 rings (SSSR count). The monoisotopic (exact) mass is 503 g/mol. The van der Waals surface area contributed by atoms with Crippen molar-refractivity contribution in [2.24, 2.45) is 11.8 Å². The zero-order chi connectivity index (χ0) is 25.2. The number of carbonyl (C=O) groups excluding carboxylic acids is 2. The van der Waals surface area contributed by atoms with E-state index in [0.29, 0.717) is 16.4 Å². The number of fused-ring (bicyclic) bond motifs is 6. The summed E-state index contributed by atoms with van der Waals surface area (Å²) in [6, 6.07) is 18.0. The van der Waals surface area contributed by atoms with E-state index in [-0.39, 0.29) is 30.7 Å². The molecule has 8 nitrogen and oxygen atoms in total. The lowest BCUT2D eigenvalue weighted by atomic mass is 9.66. The van der Waals surface area contributed by atoms with Crippen LogP contribution >= 0.6 is 11.6 Å². The Morgan fingerprint density at radius 1 is 1.17 bits per heavy atom. The van der Waals surface area contributed by atoms with Crippen molar-refractivity contribution < 1.29 is 24.2 Å². The molecule has 0 saturated carbocycles. The maximum Gasteiger partial charge on any atom is 0.240 e. The molecule has 5 unspecified atom stereocenters. The molecule has 2 aromatic carbocycles. The van der Waals surface area contributed by atoms with Crippen LogP contribution < -0.4 is 9.64 Å². The molecule has 3 aliphatic heterocycles. The molecule has 0 aliphatic carbocycles. The highest BCUT2D eigenvalue weighted by Crippen LogP contribution is 2.62.